The molecule has 6 nitrogen and oxygen atoms in total. The lowest BCUT2D eigenvalue weighted by molar-refractivity contribution is -0.156. The third-order valence-electron chi connectivity index (χ3n) is 4.90. The largest absolute Gasteiger partial charge is 0.447 e. The zero-order chi connectivity index (χ0) is 20.3. The highest BCUT2D eigenvalue weighted by atomic mass is 16.5. The van der Waals surface area contributed by atoms with Gasteiger partial charge in [-0.2, -0.15) is 5.10 Å². The van der Waals surface area contributed by atoms with Crippen LogP contribution in [0.3, 0.4) is 0 Å². The third kappa shape index (κ3) is 5.00. The van der Waals surface area contributed by atoms with Crippen LogP contribution < -0.4 is 5.32 Å². The first-order valence-electron chi connectivity index (χ1n) is 9.92. The van der Waals surface area contributed by atoms with Crippen molar-refractivity contribution in [1.82, 2.24) is 15.1 Å². The second-order valence-electron chi connectivity index (χ2n) is 7.97. The third-order valence-corrected chi connectivity index (χ3v) is 4.90. The summed E-state index contributed by atoms with van der Waals surface area (Å²) in [5, 5.41) is 7.49. The maximum Gasteiger partial charge on any atom is 0.311 e. The minimum atomic E-state index is -0.930. The predicted molar refractivity (Wildman–Crippen MR) is 107 cm³/mol. The number of benzene rings is 1. The van der Waals surface area contributed by atoms with E-state index in [-0.39, 0.29) is 18.4 Å². The number of carbonyl (C=O) groups is 2. The van der Waals surface area contributed by atoms with Crippen molar-refractivity contribution in [2.45, 2.75) is 65.6 Å². The summed E-state index contributed by atoms with van der Waals surface area (Å²) in [6.07, 6.45) is 1.14. The van der Waals surface area contributed by atoms with E-state index in [2.05, 4.69) is 24.3 Å². The first-order chi connectivity index (χ1) is 13.3. The van der Waals surface area contributed by atoms with Crippen molar-refractivity contribution >= 4 is 11.9 Å². The number of nitrogens with one attached hydrogen (secondary N) is 1. The van der Waals surface area contributed by atoms with Crippen LogP contribution in [-0.2, 0) is 27.3 Å². The van der Waals surface area contributed by atoms with E-state index in [4.69, 9.17) is 4.74 Å². The number of hydrogen-bond donors (Lipinski definition) is 1. The lowest BCUT2D eigenvalue weighted by Crippen LogP contribution is -2.33. The Bertz CT molecular complexity index is 838. The topological polar surface area (TPSA) is 73.2 Å². The van der Waals surface area contributed by atoms with Gasteiger partial charge in [0, 0.05) is 29.4 Å². The fraction of sp³-hybridized carbons (Fsp3) is 0.500. The van der Waals surface area contributed by atoms with E-state index in [0.717, 1.165) is 36.3 Å². The quantitative estimate of drug-likeness (QED) is 0.710. The molecule has 0 saturated heterocycles. The smallest absolute Gasteiger partial charge is 0.311 e. The molecule has 1 unspecified atom stereocenters. The maximum atomic E-state index is 12.7. The number of rotatable bonds is 8. The highest BCUT2D eigenvalue weighted by molar-refractivity contribution is 5.86. The van der Waals surface area contributed by atoms with Crippen molar-refractivity contribution in [3.05, 3.63) is 52.8 Å². The molecule has 150 valence electrons. The highest BCUT2D eigenvalue weighted by Crippen LogP contribution is 2.24. The van der Waals surface area contributed by atoms with Gasteiger partial charge in [-0.15, -0.1) is 0 Å². The molecule has 0 bridgehead atoms. The summed E-state index contributed by atoms with van der Waals surface area (Å²) in [5.41, 5.74) is 3.36. The molecule has 1 saturated carbocycles. The molecule has 1 aromatic carbocycles. The summed E-state index contributed by atoms with van der Waals surface area (Å²) in [6, 6.07) is 9.37. The van der Waals surface area contributed by atoms with Crippen molar-refractivity contribution in [2.75, 3.05) is 0 Å². The highest BCUT2D eigenvalue weighted by Gasteiger charge is 2.31. The average Bonchev–Trinajstić information content (AvgIpc) is 3.43. The van der Waals surface area contributed by atoms with Gasteiger partial charge < -0.3 is 10.1 Å². The molecule has 0 aliphatic heterocycles. The van der Waals surface area contributed by atoms with Gasteiger partial charge in [0.15, 0.2) is 0 Å². The van der Waals surface area contributed by atoms with Gasteiger partial charge in [-0.1, -0.05) is 44.2 Å². The van der Waals surface area contributed by atoms with Crippen LogP contribution in [0.4, 0.5) is 0 Å². The Balaban J connectivity index is 1.73. The van der Waals surface area contributed by atoms with Gasteiger partial charge in [0.2, 0.25) is 6.10 Å². The average molecular weight is 383 g/mol. The molecule has 1 N–H and O–H groups in total. The summed E-state index contributed by atoms with van der Waals surface area (Å²) >= 11 is 0. The van der Waals surface area contributed by atoms with Crippen LogP contribution in [0.25, 0.3) is 0 Å². The minimum absolute atomic E-state index is 0.107. The molecule has 1 aliphatic rings. The molecule has 1 aliphatic carbocycles. The summed E-state index contributed by atoms with van der Waals surface area (Å²) in [7, 11) is 0. The molecule has 1 atom stereocenters. The van der Waals surface area contributed by atoms with Gasteiger partial charge in [0.05, 0.1) is 12.1 Å². The fourth-order valence-electron chi connectivity index (χ4n) is 3.24. The van der Waals surface area contributed by atoms with Crippen molar-refractivity contribution < 1.29 is 14.3 Å². The molecule has 1 amide bonds. The summed E-state index contributed by atoms with van der Waals surface area (Å²) < 4.78 is 7.58. The van der Waals surface area contributed by atoms with Crippen LogP contribution in [0.1, 0.15) is 55.3 Å². The van der Waals surface area contributed by atoms with Crippen LogP contribution in [0.5, 0.6) is 0 Å². The molecular weight excluding hydrogens is 354 g/mol. The zero-order valence-electron chi connectivity index (χ0n) is 17.1. The summed E-state index contributed by atoms with van der Waals surface area (Å²) in [6.45, 7) is 8.94. The normalized spacial score (nSPS) is 14.8. The molecule has 6 heteroatoms. The summed E-state index contributed by atoms with van der Waals surface area (Å²) in [4.78, 5) is 25.3. The Morgan fingerprint density at radius 3 is 2.50 bits per heavy atom. The first-order valence-corrected chi connectivity index (χ1v) is 9.92. The Kier molecular flexibility index (Phi) is 6.17. The van der Waals surface area contributed by atoms with E-state index in [1.165, 1.54) is 0 Å². The monoisotopic (exact) mass is 383 g/mol. The lowest BCUT2D eigenvalue weighted by atomic mass is 10.1. The maximum absolute atomic E-state index is 12.7. The second kappa shape index (κ2) is 8.59. The van der Waals surface area contributed by atoms with Crippen LogP contribution in [0, 0.1) is 19.8 Å². The predicted octanol–water partition coefficient (Wildman–Crippen LogP) is 3.26. The number of esters is 1. The van der Waals surface area contributed by atoms with E-state index >= 15 is 0 Å². The zero-order valence-corrected chi connectivity index (χ0v) is 17.1. The molecule has 0 spiro atoms. The Morgan fingerprint density at radius 2 is 1.89 bits per heavy atom. The van der Waals surface area contributed by atoms with Gasteiger partial charge in [-0.3, -0.25) is 14.3 Å². The van der Waals surface area contributed by atoms with Gasteiger partial charge in [-0.25, -0.2) is 0 Å². The minimum Gasteiger partial charge on any atom is -0.447 e. The standard InChI is InChI=1S/C22H29N3O3/c1-14(2)13-25-16(4)19(15(3)24-25)12-20(26)28-21(17-8-6-5-7-9-17)22(27)23-18-10-11-18/h5-9,14,18,21H,10-13H2,1-4H3,(H,23,27). The van der Waals surface area contributed by atoms with Crippen LogP contribution in [0.15, 0.2) is 30.3 Å². The molecule has 1 aromatic heterocycles. The number of nitrogens with zero attached hydrogens (tertiary/aromatic N) is 2. The van der Waals surface area contributed by atoms with Crippen molar-refractivity contribution in [2.24, 2.45) is 5.92 Å². The molecule has 3 rings (SSSR count). The fourth-order valence-corrected chi connectivity index (χ4v) is 3.24. The van der Waals surface area contributed by atoms with Crippen molar-refractivity contribution in [3.63, 3.8) is 0 Å². The van der Waals surface area contributed by atoms with Crippen molar-refractivity contribution in [3.8, 4) is 0 Å². The summed E-state index contributed by atoms with van der Waals surface area (Å²) in [5.74, 6) is -0.215. The Labute approximate surface area is 166 Å². The van der Waals surface area contributed by atoms with E-state index in [0.29, 0.717) is 11.5 Å². The van der Waals surface area contributed by atoms with E-state index in [1.807, 2.05) is 48.9 Å². The van der Waals surface area contributed by atoms with Crippen LogP contribution in [-0.4, -0.2) is 27.7 Å². The van der Waals surface area contributed by atoms with Gasteiger partial charge in [-0.05, 0) is 32.6 Å². The van der Waals surface area contributed by atoms with E-state index in [9.17, 15) is 9.59 Å². The molecule has 1 fully saturated rings. The molecule has 1 heterocycles. The molecule has 28 heavy (non-hydrogen) atoms. The van der Waals surface area contributed by atoms with Gasteiger partial charge in [0.1, 0.15) is 0 Å². The van der Waals surface area contributed by atoms with E-state index < -0.39 is 12.1 Å². The van der Waals surface area contributed by atoms with Gasteiger partial charge >= 0.3 is 5.97 Å². The number of aryl methyl sites for hydroxylation is 1. The number of carbonyl (C=O) groups excluding carboxylic acids is 2. The number of aromatic nitrogens is 2. The molecule has 0 radical (unpaired) electrons. The van der Waals surface area contributed by atoms with Crippen molar-refractivity contribution in [1.29, 1.82) is 0 Å². The lowest BCUT2D eigenvalue weighted by Gasteiger charge is -2.18. The second-order valence-corrected chi connectivity index (χ2v) is 7.97. The molecule has 2 aromatic rings. The SMILES string of the molecule is Cc1nn(CC(C)C)c(C)c1CC(=O)OC(C(=O)NC1CC1)c1ccccc1. The van der Waals surface area contributed by atoms with Gasteiger partial charge in [0.25, 0.3) is 5.91 Å². The molecular formula is C22H29N3O3. The first kappa shape index (κ1) is 20.1. The Hall–Kier alpha value is -2.63. The number of ether oxygens (including phenoxy) is 1. The Morgan fingerprint density at radius 1 is 1.21 bits per heavy atom. The van der Waals surface area contributed by atoms with Crippen LogP contribution >= 0.6 is 0 Å². The number of amides is 1. The number of hydrogen-bond acceptors (Lipinski definition) is 4. The van der Waals surface area contributed by atoms with Crippen LogP contribution in [0.2, 0.25) is 0 Å². The van der Waals surface area contributed by atoms with E-state index in [1.54, 1.807) is 0 Å².